The summed E-state index contributed by atoms with van der Waals surface area (Å²) in [5, 5.41) is 0. The van der Waals surface area contributed by atoms with Crippen molar-refractivity contribution in [3.05, 3.63) is 72.4 Å². The van der Waals surface area contributed by atoms with Crippen LogP contribution in [0.25, 0.3) is 11.3 Å². The highest BCUT2D eigenvalue weighted by atomic mass is 79.9. The fraction of sp³-hybridized carbons (Fsp3) is 0.211. The number of halogens is 1. The van der Waals surface area contributed by atoms with E-state index < -0.39 is 0 Å². The van der Waals surface area contributed by atoms with E-state index in [1.165, 1.54) is 0 Å². The normalized spacial score (nSPS) is 22.4. The van der Waals surface area contributed by atoms with E-state index in [1.807, 2.05) is 31.4 Å². The second-order valence-corrected chi connectivity index (χ2v) is 6.12. The zero-order valence-electron chi connectivity index (χ0n) is 12.5. The molecule has 0 saturated carbocycles. The quantitative estimate of drug-likeness (QED) is 0.495. The first-order valence-corrected chi connectivity index (χ1v) is 8.03. The summed E-state index contributed by atoms with van der Waals surface area (Å²) in [6.45, 7) is 8.10. The lowest BCUT2D eigenvalue weighted by Gasteiger charge is -2.17. The molecule has 1 heterocycles. The Kier molecular flexibility index (Phi) is 5.51. The van der Waals surface area contributed by atoms with E-state index in [4.69, 9.17) is 0 Å². The van der Waals surface area contributed by atoms with Crippen LogP contribution in [0, 0.1) is 5.92 Å². The summed E-state index contributed by atoms with van der Waals surface area (Å²) in [4.78, 5) is 4.87. The summed E-state index contributed by atoms with van der Waals surface area (Å²) in [6, 6.07) is 8.44. The highest BCUT2D eigenvalue weighted by molar-refractivity contribution is 9.10. The fourth-order valence-corrected chi connectivity index (χ4v) is 2.45. The van der Waals surface area contributed by atoms with Crippen LogP contribution in [0.2, 0.25) is 0 Å². The number of benzene rings is 1. The molecule has 2 unspecified atom stereocenters. The average Bonchev–Trinajstić information content (AvgIpc) is 2.51. The summed E-state index contributed by atoms with van der Waals surface area (Å²) in [5.74, 6) is 0.443. The van der Waals surface area contributed by atoms with Crippen LogP contribution >= 0.6 is 15.9 Å². The molecule has 1 aliphatic rings. The molecule has 1 aliphatic heterocycles. The summed E-state index contributed by atoms with van der Waals surface area (Å²) >= 11 is 3.61. The van der Waals surface area contributed by atoms with Gasteiger partial charge < -0.3 is 0 Å². The van der Waals surface area contributed by atoms with Gasteiger partial charge in [0.2, 0.25) is 0 Å². The third kappa shape index (κ3) is 3.92. The van der Waals surface area contributed by atoms with Crippen molar-refractivity contribution < 1.29 is 0 Å². The minimum absolute atomic E-state index is 0.322. The lowest BCUT2D eigenvalue weighted by molar-refractivity contribution is 0.792. The number of alkyl halides is 1. The van der Waals surface area contributed by atoms with Crippen LogP contribution in [-0.4, -0.2) is 11.0 Å². The van der Waals surface area contributed by atoms with Gasteiger partial charge in [0.15, 0.2) is 0 Å². The molecule has 1 aromatic carbocycles. The van der Waals surface area contributed by atoms with Crippen molar-refractivity contribution in [3.63, 3.8) is 0 Å². The first-order valence-electron chi connectivity index (χ1n) is 7.12. The molecule has 0 aromatic heterocycles. The van der Waals surface area contributed by atoms with E-state index in [1.54, 1.807) is 0 Å². The van der Waals surface area contributed by atoms with Crippen LogP contribution in [0.5, 0.6) is 0 Å². The van der Waals surface area contributed by atoms with Gasteiger partial charge in [0.05, 0.1) is 10.5 Å². The van der Waals surface area contributed by atoms with Crippen LogP contribution in [0.1, 0.15) is 25.0 Å². The van der Waals surface area contributed by atoms with Crippen molar-refractivity contribution in [3.8, 4) is 0 Å². The van der Waals surface area contributed by atoms with Crippen LogP contribution in [0.4, 0.5) is 0 Å². The highest BCUT2D eigenvalue weighted by Gasteiger charge is 2.15. The first-order chi connectivity index (χ1) is 10.2. The smallest absolute Gasteiger partial charge is 0.0662 e. The van der Waals surface area contributed by atoms with E-state index in [9.17, 15) is 0 Å². The zero-order chi connectivity index (χ0) is 15.2. The van der Waals surface area contributed by atoms with Crippen molar-refractivity contribution in [2.75, 3.05) is 0 Å². The molecule has 0 N–H and O–H groups in total. The lowest BCUT2D eigenvalue weighted by atomic mass is 9.98. The molecule has 0 aliphatic carbocycles. The summed E-state index contributed by atoms with van der Waals surface area (Å²) in [5.41, 5.74) is 4.45. The molecule has 0 radical (unpaired) electrons. The third-order valence-corrected chi connectivity index (χ3v) is 4.53. The van der Waals surface area contributed by atoms with Crippen LogP contribution in [-0.2, 0) is 0 Å². The number of allylic oxidation sites excluding steroid dienone is 6. The first kappa shape index (κ1) is 15.7. The molecule has 0 spiro atoms. The van der Waals surface area contributed by atoms with Crippen LogP contribution < -0.4 is 0 Å². The minimum Gasteiger partial charge on any atom is -0.260 e. The Labute approximate surface area is 135 Å². The Morgan fingerprint density at radius 3 is 2.86 bits per heavy atom. The molecule has 0 bridgehead atoms. The summed E-state index contributed by atoms with van der Waals surface area (Å²) < 4.78 is 0. The van der Waals surface area contributed by atoms with Crippen molar-refractivity contribution in [1.82, 2.24) is 0 Å². The maximum Gasteiger partial charge on any atom is 0.0662 e. The predicted octanol–water partition coefficient (Wildman–Crippen LogP) is 5.66. The van der Waals surface area contributed by atoms with Crippen LogP contribution in [0.3, 0.4) is 0 Å². The van der Waals surface area contributed by atoms with E-state index in [0.29, 0.717) is 10.7 Å². The average molecular weight is 342 g/mol. The van der Waals surface area contributed by atoms with E-state index in [0.717, 1.165) is 22.4 Å². The van der Waals surface area contributed by atoms with Gasteiger partial charge in [0, 0.05) is 11.8 Å². The van der Waals surface area contributed by atoms with Gasteiger partial charge in [-0.1, -0.05) is 78.0 Å². The van der Waals surface area contributed by atoms with Crippen molar-refractivity contribution >= 4 is 33.4 Å². The van der Waals surface area contributed by atoms with Gasteiger partial charge >= 0.3 is 0 Å². The van der Waals surface area contributed by atoms with Crippen LogP contribution in [0.15, 0.2) is 66.2 Å². The van der Waals surface area contributed by atoms with Gasteiger partial charge in [-0.2, -0.15) is 0 Å². The summed E-state index contributed by atoms with van der Waals surface area (Å²) in [7, 11) is 0. The molecule has 0 fully saturated rings. The molecular weight excluding hydrogens is 322 g/mol. The van der Waals surface area contributed by atoms with Crippen molar-refractivity contribution in [1.29, 1.82) is 0 Å². The Balaban J connectivity index is 2.36. The molecule has 0 amide bonds. The standard InChI is InChI=1S/C19H20BrN/c1-4-6-8-15(5-2)16-9-7-10-17(12-16)19-11-14(3)18(20)13-21-19/h4-14,18H,2H2,1,3H3/b6-4-,15-8+. The third-order valence-electron chi connectivity index (χ3n) is 3.46. The highest BCUT2D eigenvalue weighted by Crippen LogP contribution is 2.28. The minimum atomic E-state index is 0.322. The molecule has 2 heteroatoms. The van der Waals surface area contributed by atoms with Crippen molar-refractivity contribution in [2.24, 2.45) is 10.9 Å². The van der Waals surface area contributed by atoms with Gasteiger partial charge in [0.1, 0.15) is 0 Å². The maximum atomic E-state index is 4.55. The second kappa shape index (κ2) is 7.37. The van der Waals surface area contributed by atoms with E-state index >= 15 is 0 Å². The van der Waals surface area contributed by atoms with Gasteiger partial charge in [0.25, 0.3) is 0 Å². The molecule has 0 saturated heterocycles. The second-order valence-electron chi connectivity index (χ2n) is 5.07. The monoisotopic (exact) mass is 341 g/mol. The van der Waals surface area contributed by atoms with Gasteiger partial charge in [-0.3, -0.25) is 4.99 Å². The van der Waals surface area contributed by atoms with E-state index in [2.05, 4.69) is 70.8 Å². The Morgan fingerprint density at radius 2 is 2.19 bits per heavy atom. The Bertz CT molecular complexity index is 635. The molecule has 21 heavy (non-hydrogen) atoms. The molecule has 1 nitrogen and oxygen atoms in total. The molecule has 2 atom stereocenters. The Morgan fingerprint density at radius 1 is 1.38 bits per heavy atom. The number of nitrogens with zero attached hydrogens (tertiary/aromatic N) is 1. The lowest BCUT2D eigenvalue weighted by Crippen LogP contribution is -2.13. The SMILES string of the molecule is C=C/C(=C\C=C/C)c1cccc(C2=CC(C)C(Br)C=N2)c1. The molecular formula is C19H20BrN. The topological polar surface area (TPSA) is 12.4 Å². The van der Waals surface area contributed by atoms with Gasteiger partial charge in [-0.15, -0.1) is 0 Å². The molecule has 2 rings (SSSR count). The molecule has 1 aromatic rings. The number of rotatable bonds is 4. The fourth-order valence-electron chi connectivity index (χ4n) is 2.18. The van der Waals surface area contributed by atoms with Gasteiger partial charge in [-0.05, 0) is 30.0 Å². The molecule has 108 valence electrons. The van der Waals surface area contributed by atoms with E-state index in [-0.39, 0.29) is 0 Å². The Hall–Kier alpha value is -1.67. The predicted molar refractivity (Wildman–Crippen MR) is 97.8 cm³/mol. The maximum absolute atomic E-state index is 4.55. The largest absolute Gasteiger partial charge is 0.260 e. The van der Waals surface area contributed by atoms with Gasteiger partial charge in [-0.25, -0.2) is 0 Å². The number of hydrogen-bond donors (Lipinski definition) is 0. The number of hydrogen-bond acceptors (Lipinski definition) is 1. The summed E-state index contributed by atoms with van der Waals surface area (Å²) in [6.07, 6.45) is 12.2. The zero-order valence-corrected chi connectivity index (χ0v) is 14.0. The number of aliphatic imine (C=N–C) groups is 1. The van der Waals surface area contributed by atoms with Crippen molar-refractivity contribution in [2.45, 2.75) is 18.7 Å².